The van der Waals surface area contributed by atoms with Crippen molar-refractivity contribution in [2.45, 2.75) is 19.6 Å². The van der Waals surface area contributed by atoms with Crippen LogP contribution in [0.4, 0.5) is 0 Å². The van der Waals surface area contributed by atoms with Gasteiger partial charge in [0.05, 0.1) is 0 Å². The summed E-state index contributed by atoms with van der Waals surface area (Å²) in [5.74, 6) is 21.4. The zero-order chi connectivity index (χ0) is 22.4. The lowest BCUT2D eigenvalue weighted by Crippen LogP contribution is -2.16. The molecule has 2 nitrogen and oxygen atoms in total. The highest BCUT2D eigenvalue weighted by atomic mass is 127. The molecule has 0 saturated carbocycles. The predicted molar refractivity (Wildman–Crippen MR) is 139 cm³/mol. The smallest absolute Gasteiger partial charge is 0.129 e. The van der Waals surface area contributed by atoms with Crippen molar-refractivity contribution < 1.29 is 9.47 Å². The zero-order valence-electron chi connectivity index (χ0n) is 18.1. The second-order valence-electron chi connectivity index (χ2n) is 7.53. The van der Waals surface area contributed by atoms with E-state index < -0.39 is 8.07 Å². The first-order valence-corrected chi connectivity index (χ1v) is 14.5. The monoisotopic (exact) mass is 536 g/mol. The van der Waals surface area contributed by atoms with E-state index >= 15 is 0 Å². The molecule has 0 aromatic heterocycles. The first-order chi connectivity index (χ1) is 14.9. The van der Waals surface area contributed by atoms with Gasteiger partial charge in [-0.05, 0) is 59.0 Å². The minimum absolute atomic E-state index is 0.337. The van der Waals surface area contributed by atoms with E-state index in [4.69, 9.17) is 9.47 Å². The third-order valence-corrected chi connectivity index (χ3v) is 5.14. The van der Waals surface area contributed by atoms with Gasteiger partial charge in [-0.15, -0.1) is 5.54 Å². The quantitative estimate of drug-likeness (QED) is 0.238. The number of hydrogen-bond acceptors (Lipinski definition) is 2. The number of ether oxygens (including phenoxy) is 2. The summed E-state index contributed by atoms with van der Waals surface area (Å²) in [6.07, 6.45) is 0. The fourth-order valence-electron chi connectivity index (χ4n) is 2.26. The van der Waals surface area contributed by atoms with E-state index in [0.717, 1.165) is 16.7 Å². The van der Waals surface area contributed by atoms with E-state index in [1.54, 1.807) is 0 Å². The van der Waals surface area contributed by atoms with Gasteiger partial charge < -0.3 is 9.47 Å². The lowest BCUT2D eigenvalue weighted by Gasteiger charge is -2.02. The SMILES string of the molecule is C[Si](C)(C)C#CCOCC#Cc1cccc(C#CCOCC#Cc2cccc(I)c2)c1. The summed E-state index contributed by atoms with van der Waals surface area (Å²) in [6, 6.07) is 15.9. The Bertz CT molecular complexity index is 1120. The molecule has 0 bridgehead atoms. The molecule has 0 amide bonds. The van der Waals surface area contributed by atoms with Gasteiger partial charge in [0.25, 0.3) is 0 Å². The summed E-state index contributed by atoms with van der Waals surface area (Å²) < 4.78 is 12.1. The molecule has 0 atom stereocenters. The Morgan fingerprint density at radius 2 is 1.13 bits per heavy atom. The molecule has 0 aliphatic carbocycles. The Morgan fingerprint density at radius 3 is 1.61 bits per heavy atom. The summed E-state index contributed by atoms with van der Waals surface area (Å²) in [6.45, 7) is 8.12. The molecule has 4 heteroatoms. The maximum atomic E-state index is 5.47. The van der Waals surface area contributed by atoms with E-state index in [0.29, 0.717) is 26.4 Å². The molecule has 156 valence electrons. The van der Waals surface area contributed by atoms with Crippen LogP contribution in [0.3, 0.4) is 0 Å². The second kappa shape index (κ2) is 13.8. The van der Waals surface area contributed by atoms with Gasteiger partial charge in [-0.2, -0.15) is 0 Å². The van der Waals surface area contributed by atoms with Gasteiger partial charge in [0.15, 0.2) is 0 Å². The Kier molecular flexibility index (Phi) is 11.0. The lowest BCUT2D eigenvalue weighted by molar-refractivity contribution is 0.204. The van der Waals surface area contributed by atoms with Gasteiger partial charge in [0.2, 0.25) is 0 Å². The van der Waals surface area contributed by atoms with Crippen LogP contribution in [0, 0.1) is 50.6 Å². The molecule has 0 unspecified atom stereocenters. The van der Waals surface area contributed by atoms with Crippen molar-refractivity contribution in [1.29, 1.82) is 0 Å². The minimum Gasteiger partial charge on any atom is -0.356 e. The fraction of sp³-hybridized carbons (Fsp3) is 0.259. The van der Waals surface area contributed by atoms with Gasteiger partial charge in [-0.1, -0.05) is 73.2 Å². The number of halogens is 1. The van der Waals surface area contributed by atoms with Crippen molar-refractivity contribution in [2.75, 3.05) is 26.4 Å². The molecule has 31 heavy (non-hydrogen) atoms. The highest BCUT2D eigenvalue weighted by Gasteiger charge is 2.06. The van der Waals surface area contributed by atoms with E-state index in [9.17, 15) is 0 Å². The van der Waals surface area contributed by atoms with Crippen molar-refractivity contribution in [2.24, 2.45) is 0 Å². The lowest BCUT2D eigenvalue weighted by atomic mass is 10.1. The summed E-state index contributed by atoms with van der Waals surface area (Å²) in [7, 11) is -1.33. The van der Waals surface area contributed by atoms with Crippen LogP contribution in [0.1, 0.15) is 16.7 Å². The third kappa shape index (κ3) is 12.1. The normalized spacial score (nSPS) is 9.68. The molecule has 2 aromatic carbocycles. The molecule has 0 radical (unpaired) electrons. The van der Waals surface area contributed by atoms with Crippen LogP contribution < -0.4 is 0 Å². The molecule has 0 saturated heterocycles. The largest absolute Gasteiger partial charge is 0.356 e. The summed E-state index contributed by atoms with van der Waals surface area (Å²) >= 11 is 2.27. The van der Waals surface area contributed by atoms with Crippen LogP contribution in [-0.2, 0) is 9.47 Å². The van der Waals surface area contributed by atoms with Gasteiger partial charge in [0, 0.05) is 20.3 Å². The van der Waals surface area contributed by atoms with E-state index in [1.165, 1.54) is 3.57 Å². The molecule has 2 rings (SSSR count). The molecular formula is C27H25IO2Si. The highest BCUT2D eigenvalue weighted by Crippen LogP contribution is 2.06. The average molecular weight is 536 g/mol. The molecule has 0 spiro atoms. The van der Waals surface area contributed by atoms with Crippen molar-refractivity contribution in [1.82, 2.24) is 0 Å². The van der Waals surface area contributed by atoms with Crippen LogP contribution in [0.2, 0.25) is 19.6 Å². The molecule has 0 aliphatic rings. The molecule has 0 fully saturated rings. The Balaban J connectivity index is 1.74. The maximum Gasteiger partial charge on any atom is 0.129 e. The molecule has 0 heterocycles. The van der Waals surface area contributed by atoms with E-state index in [-0.39, 0.29) is 0 Å². The number of rotatable bonds is 4. The number of benzene rings is 2. The zero-order valence-corrected chi connectivity index (χ0v) is 21.3. The van der Waals surface area contributed by atoms with Crippen molar-refractivity contribution in [3.63, 3.8) is 0 Å². The molecular weight excluding hydrogens is 511 g/mol. The predicted octanol–water partition coefficient (Wildman–Crippen LogP) is 4.96. The first-order valence-electron chi connectivity index (χ1n) is 9.90. The molecule has 0 aliphatic heterocycles. The summed E-state index contributed by atoms with van der Waals surface area (Å²) in [4.78, 5) is 0. The van der Waals surface area contributed by atoms with E-state index in [2.05, 4.69) is 89.2 Å². The van der Waals surface area contributed by atoms with Crippen LogP contribution in [-0.4, -0.2) is 34.5 Å². The summed E-state index contributed by atoms with van der Waals surface area (Å²) in [5, 5.41) is 0. The van der Waals surface area contributed by atoms with E-state index in [1.807, 2.05) is 48.5 Å². The van der Waals surface area contributed by atoms with Crippen LogP contribution in [0.5, 0.6) is 0 Å². The van der Waals surface area contributed by atoms with Gasteiger partial charge in [-0.3, -0.25) is 0 Å². The topological polar surface area (TPSA) is 18.5 Å². The number of hydrogen-bond donors (Lipinski definition) is 0. The standard InChI is InChI=1S/C27H25IO2Si/c1-31(2,3)21-9-20-30-19-7-14-25-11-4-10-24(22-25)13-6-17-29-18-8-15-26-12-5-16-27(28)23-26/h4-5,10-12,16,22-23H,17-20H2,1-3H3. The van der Waals surface area contributed by atoms with Crippen molar-refractivity contribution in [3.8, 4) is 47.0 Å². The Morgan fingerprint density at radius 1 is 0.677 bits per heavy atom. The highest BCUT2D eigenvalue weighted by molar-refractivity contribution is 14.1. The van der Waals surface area contributed by atoms with Gasteiger partial charge in [-0.25, -0.2) is 0 Å². The van der Waals surface area contributed by atoms with Crippen molar-refractivity contribution >= 4 is 30.7 Å². The second-order valence-corrected chi connectivity index (χ2v) is 13.5. The average Bonchev–Trinajstić information content (AvgIpc) is 2.72. The Labute approximate surface area is 201 Å². The van der Waals surface area contributed by atoms with Crippen LogP contribution in [0.15, 0.2) is 48.5 Å². The van der Waals surface area contributed by atoms with Crippen LogP contribution in [0.25, 0.3) is 0 Å². The molecule has 0 N–H and O–H groups in total. The van der Waals surface area contributed by atoms with Crippen molar-refractivity contribution in [3.05, 3.63) is 68.8 Å². The van der Waals surface area contributed by atoms with Gasteiger partial charge >= 0.3 is 0 Å². The minimum atomic E-state index is -1.33. The van der Waals surface area contributed by atoms with Gasteiger partial charge in [0.1, 0.15) is 34.5 Å². The summed E-state index contributed by atoms with van der Waals surface area (Å²) in [5.41, 5.74) is 6.07. The Hall–Kier alpha value is -2.45. The fourth-order valence-corrected chi connectivity index (χ4v) is 3.41. The van der Waals surface area contributed by atoms with Crippen LogP contribution >= 0.6 is 22.6 Å². The maximum absolute atomic E-state index is 5.47. The molecule has 2 aromatic rings. The third-order valence-electron chi connectivity index (χ3n) is 3.55. The first kappa shape index (κ1) is 24.8.